The molecule has 11 heteroatoms. The summed E-state index contributed by atoms with van der Waals surface area (Å²) in [6.45, 7) is 1.30. The van der Waals surface area contributed by atoms with E-state index in [-0.39, 0.29) is 34.6 Å². The van der Waals surface area contributed by atoms with Crippen LogP contribution in [0.3, 0.4) is 0 Å². The van der Waals surface area contributed by atoms with Crippen LogP contribution in [0.1, 0.15) is 0 Å². The van der Waals surface area contributed by atoms with Crippen LogP contribution < -0.4 is 10.2 Å². The molecule has 1 aliphatic heterocycles. The maximum Gasteiger partial charge on any atom is 0.413 e. The Labute approximate surface area is 155 Å². The van der Waals surface area contributed by atoms with E-state index in [9.17, 15) is 18.0 Å². The number of hydrogen-bond acceptors (Lipinski definition) is 5. The fourth-order valence-corrected chi connectivity index (χ4v) is 5.05. The maximum atomic E-state index is 12.7. The fraction of sp³-hybridized carbons (Fsp3) is 0.429. The van der Waals surface area contributed by atoms with E-state index in [1.54, 1.807) is 6.07 Å². The van der Waals surface area contributed by atoms with Crippen LogP contribution in [0.15, 0.2) is 23.1 Å². The van der Waals surface area contributed by atoms with Gasteiger partial charge in [0, 0.05) is 0 Å². The monoisotopic (exact) mass is 410 g/mol. The number of imide groups is 1. The number of nitrogens with zero attached hydrogens (tertiary/aromatic N) is 1. The fourth-order valence-electron chi connectivity index (χ4n) is 2.51. The number of nitrogens with one attached hydrogen (secondary N) is 2. The number of methoxy groups -OCH3 is 1. The van der Waals surface area contributed by atoms with Crippen molar-refractivity contribution in [3.8, 4) is 0 Å². The largest absolute Gasteiger partial charge is 0.453 e. The minimum Gasteiger partial charge on any atom is -0.453 e. The van der Waals surface area contributed by atoms with E-state index in [0.717, 1.165) is 4.90 Å². The number of carbonyl (C=O) groups excluding carboxylic acids is 2. The van der Waals surface area contributed by atoms with Gasteiger partial charge in [0.15, 0.2) is 6.54 Å². The smallest absolute Gasteiger partial charge is 0.413 e. The van der Waals surface area contributed by atoms with E-state index in [0.29, 0.717) is 13.1 Å². The van der Waals surface area contributed by atoms with Gasteiger partial charge < -0.3 is 9.64 Å². The van der Waals surface area contributed by atoms with Gasteiger partial charge in [-0.25, -0.2) is 13.2 Å². The van der Waals surface area contributed by atoms with Crippen LogP contribution in [-0.4, -0.2) is 64.6 Å². The van der Waals surface area contributed by atoms with E-state index in [1.165, 1.54) is 23.5 Å². The van der Waals surface area contributed by atoms with E-state index in [4.69, 9.17) is 23.2 Å². The van der Waals surface area contributed by atoms with Crippen molar-refractivity contribution in [2.24, 2.45) is 0 Å². The molecule has 1 aromatic carbocycles. The first kappa shape index (κ1) is 19.9. The van der Waals surface area contributed by atoms with Crippen LogP contribution in [0.5, 0.6) is 0 Å². The molecule has 25 heavy (non-hydrogen) atoms. The second-order valence-electron chi connectivity index (χ2n) is 5.42. The number of sulfonamides is 1. The summed E-state index contributed by atoms with van der Waals surface area (Å²) in [6.07, 6.45) is -0.820. The normalized spacial score (nSPS) is 16.4. The molecule has 0 bridgehead atoms. The van der Waals surface area contributed by atoms with Crippen LogP contribution in [-0.2, 0) is 19.6 Å². The lowest BCUT2D eigenvalue weighted by molar-refractivity contribution is -0.895. The second-order valence-corrected chi connectivity index (χ2v) is 8.11. The molecule has 2 rings (SSSR count). The summed E-state index contributed by atoms with van der Waals surface area (Å²) < 4.78 is 31.1. The maximum absolute atomic E-state index is 12.7. The first-order valence-corrected chi connectivity index (χ1v) is 9.61. The SMILES string of the molecule is COC(=O)NC(=O)C[NH+]1CCN(S(=O)(=O)c2c(Cl)cccc2Cl)CC1. The first-order valence-electron chi connectivity index (χ1n) is 7.41. The number of alkyl carbamates (subject to hydrolysis) is 1. The van der Waals surface area contributed by atoms with E-state index in [1.807, 2.05) is 0 Å². The lowest BCUT2D eigenvalue weighted by atomic mass is 10.3. The minimum absolute atomic E-state index is 0.0514. The van der Waals surface area contributed by atoms with Crippen LogP contribution in [0.25, 0.3) is 0 Å². The summed E-state index contributed by atoms with van der Waals surface area (Å²) in [5, 5.41) is 2.21. The predicted molar refractivity (Wildman–Crippen MR) is 91.3 cm³/mol. The second kappa shape index (κ2) is 8.33. The third-order valence-corrected chi connectivity index (χ3v) is 6.64. The number of quaternary nitrogens is 1. The van der Waals surface area contributed by atoms with Gasteiger partial charge in [-0.15, -0.1) is 0 Å². The third-order valence-electron chi connectivity index (χ3n) is 3.78. The van der Waals surface area contributed by atoms with Crippen molar-refractivity contribution >= 4 is 45.2 Å². The lowest BCUT2D eigenvalue weighted by Gasteiger charge is -2.31. The molecule has 0 aliphatic carbocycles. The Hall–Kier alpha value is -1.39. The average Bonchev–Trinajstić information content (AvgIpc) is 2.54. The van der Waals surface area contributed by atoms with Crippen LogP contribution in [0.2, 0.25) is 10.0 Å². The van der Waals surface area contributed by atoms with Crippen molar-refractivity contribution < 1.29 is 27.6 Å². The van der Waals surface area contributed by atoms with Crippen molar-refractivity contribution in [1.29, 1.82) is 0 Å². The van der Waals surface area contributed by atoms with E-state index < -0.39 is 22.0 Å². The summed E-state index contributed by atoms with van der Waals surface area (Å²) in [5.41, 5.74) is 0. The Morgan fingerprint density at radius 2 is 1.80 bits per heavy atom. The Morgan fingerprint density at radius 1 is 1.24 bits per heavy atom. The molecular formula is C14H18Cl2N3O5S+. The number of rotatable bonds is 4. The van der Waals surface area contributed by atoms with Gasteiger partial charge in [-0.2, -0.15) is 4.31 Å². The summed E-state index contributed by atoms with van der Waals surface area (Å²) in [4.78, 5) is 23.4. The van der Waals surface area contributed by atoms with Crippen LogP contribution in [0.4, 0.5) is 4.79 Å². The zero-order valence-corrected chi connectivity index (χ0v) is 15.7. The highest BCUT2D eigenvalue weighted by Gasteiger charge is 2.33. The summed E-state index contributed by atoms with van der Waals surface area (Å²) >= 11 is 12.0. The number of benzene rings is 1. The highest BCUT2D eigenvalue weighted by atomic mass is 35.5. The molecule has 0 saturated carbocycles. The Kier molecular flexibility index (Phi) is 6.64. The van der Waals surface area contributed by atoms with Gasteiger partial charge in [0.05, 0.1) is 43.3 Å². The summed E-state index contributed by atoms with van der Waals surface area (Å²) in [6, 6.07) is 4.52. The van der Waals surface area contributed by atoms with Gasteiger partial charge in [0.1, 0.15) is 4.90 Å². The molecule has 1 aliphatic rings. The minimum atomic E-state index is -3.82. The number of amides is 2. The third kappa shape index (κ3) is 4.83. The Balaban J connectivity index is 2.00. The molecular weight excluding hydrogens is 393 g/mol. The highest BCUT2D eigenvalue weighted by Crippen LogP contribution is 2.31. The highest BCUT2D eigenvalue weighted by molar-refractivity contribution is 7.89. The molecule has 1 fully saturated rings. The average molecular weight is 411 g/mol. The molecule has 1 saturated heterocycles. The molecule has 1 aromatic rings. The van der Waals surface area contributed by atoms with Crippen molar-refractivity contribution in [1.82, 2.24) is 9.62 Å². The lowest BCUT2D eigenvalue weighted by Crippen LogP contribution is -3.15. The van der Waals surface area contributed by atoms with Crippen molar-refractivity contribution in [2.75, 3.05) is 39.8 Å². The number of halogens is 2. The molecule has 2 N–H and O–H groups in total. The van der Waals surface area contributed by atoms with Gasteiger partial charge in [-0.1, -0.05) is 29.3 Å². The van der Waals surface area contributed by atoms with Crippen molar-refractivity contribution in [3.63, 3.8) is 0 Å². The van der Waals surface area contributed by atoms with Crippen molar-refractivity contribution in [3.05, 3.63) is 28.2 Å². The quantitative estimate of drug-likeness (QED) is 0.713. The summed E-state index contributed by atoms with van der Waals surface area (Å²) in [5.74, 6) is -0.479. The molecule has 0 unspecified atom stereocenters. The van der Waals surface area contributed by atoms with Crippen molar-refractivity contribution in [2.45, 2.75) is 4.90 Å². The summed E-state index contributed by atoms with van der Waals surface area (Å²) in [7, 11) is -2.65. The molecule has 0 radical (unpaired) electrons. The molecule has 2 amide bonds. The zero-order chi connectivity index (χ0) is 18.6. The number of hydrogen-bond donors (Lipinski definition) is 2. The molecule has 0 atom stereocenters. The van der Waals surface area contributed by atoms with Gasteiger partial charge >= 0.3 is 6.09 Å². The Morgan fingerprint density at radius 3 is 2.32 bits per heavy atom. The standard InChI is InChI=1S/C14H17Cl2N3O5S/c1-24-14(21)17-12(20)9-18-5-7-19(8-6-18)25(22,23)13-10(15)3-2-4-11(13)16/h2-4H,5-9H2,1H3,(H,17,20,21)/p+1. The topological polar surface area (TPSA) is 97.2 Å². The molecule has 0 spiro atoms. The van der Waals surface area contributed by atoms with E-state index >= 15 is 0 Å². The molecule has 8 nitrogen and oxygen atoms in total. The number of piperazine rings is 1. The molecule has 1 heterocycles. The zero-order valence-electron chi connectivity index (χ0n) is 13.4. The first-order chi connectivity index (χ1) is 11.8. The Bertz CT molecular complexity index is 743. The molecule has 0 aromatic heterocycles. The van der Waals surface area contributed by atoms with E-state index in [2.05, 4.69) is 10.1 Å². The van der Waals surface area contributed by atoms with Gasteiger partial charge in [0.2, 0.25) is 10.0 Å². The van der Waals surface area contributed by atoms with Gasteiger partial charge in [0.25, 0.3) is 5.91 Å². The van der Waals surface area contributed by atoms with Gasteiger partial charge in [-0.3, -0.25) is 10.1 Å². The van der Waals surface area contributed by atoms with Crippen LogP contribution in [0, 0.1) is 0 Å². The van der Waals surface area contributed by atoms with Crippen LogP contribution >= 0.6 is 23.2 Å². The number of ether oxygens (including phenoxy) is 1. The number of carbonyl (C=O) groups is 2. The van der Waals surface area contributed by atoms with Gasteiger partial charge in [-0.05, 0) is 12.1 Å². The molecule has 138 valence electrons. The predicted octanol–water partition coefficient (Wildman–Crippen LogP) is -0.235.